The maximum Gasteiger partial charge on any atom is 0.410 e. The summed E-state index contributed by atoms with van der Waals surface area (Å²) >= 11 is -1.27. The molecule has 0 radical (unpaired) electrons. The lowest BCUT2D eigenvalue weighted by Crippen LogP contribution is -2.45. The van der Waals surface area contributed by atoms with E-state index in [1.165, 1.54) is 0 Å². The van der Waals surface area contributed by atoms with E-state index in [9.17, 15) is 9.35 Å². The Hall–Kier alpha value is -0.750. The molecule has 0 aliphatic carbocycles. The summed E-state index contributed by atoms with van der Waals surface area (Å²) in [6.07, 6.45) is 1.06. The SMILES string of the molecule is CC(C)(C)OC(=O)N1CCC(C(=N)[S@@+]([O-])C(C)(C)C)CC1. The van der Waals surface area contributed by atoms with E-state index in [1.807, 2.05) is 41.5 Å². The van der Waals surface area contributed by atoms with Crippen LogP contribution in [0.3, 0.4) is 0 Å². The minimum atomic E-state index is -1.27. The van der Waals surface area contributed by atoms with Gasteiger partial charge in [-0.3, -0.25) is 5.41 Å². The van der Waals surface area contributed by atoms with Crippen molar-refractivity contribution in [1.29, 1.82) is 5.41 Å². The van der Waals surface area contributed by atoms with Crippen molar-refractivity contribution in [1.82, 2.24) is 4.90 Å². The van der Waals surface area contributed by atoms with E-state index >= 15 is 0 Å². The van der Waals surface area contributed by atoms with Gasteiger partial charge in [-0.25, -0.2) is 4.79 Å². The number of carbonyl (C=O) groups excluding carboxylic acids is 1. The molecule has 21 heavy (non-hydrogen) atoms. The van der Waals surface area contributed by atoms with Crippen LogP contribution in [0.2, 0.25) is 0 Å². The van der Waals surface area contributed by atoms with E-state index in [2.05, 4.69) is 0 Å². The van der Waals surface area contributed by atoms with Crippen LogP contribution in [0.5, 0.6) is 0 Å². The van der Waals surface area contributed by atoms with Gasteiger partial charge in [-0.2, -0.15) is 0 Å². The lowest BCUT2D eigenvalue weighted by Gasteiger charge is -2.34. The Morgan fingerprint density at radius 3 is 2.05 bits per heavy atom. The van der Waals surface area contributed by atoms with E-state index in [0.29, 0.717) is 31.0 Å². The molecule has 0 spiro atoms. The molecule has 122 valence electrons. The van der Waals surface area contributed by atoms with Crippen molar-refractivity contribution in [2.24, 2.45) is 5.92 Å². The van der Waals surface area contributed by atoms with E-state index in [4.69, 9.17) is 10.1 Å². The summed E-state index contributed by atoms with van der Waals surface area (Å²) in [4.78, 5) is 13.6. The molecule has 0 unspecified atom stereocenters. The van der Waals surface area contributed by atoms with Crippen LogP contribution in [0.1, 0.15) is 54.4 Å². The highest BCUT2D eigenvalue weighted by molar-refractivity contribution is 8.07. The normalized spacial score (nSPS) is 19.3. The first-order valence-electron chi connectivity index (χ1n) is 7.40. The minimum absolute atomic E-state index is 0.00347. The summed E-state index contributed by atoms with van der Waals surface area (Å²) < 4.78 is 17.2. The van der Waals surface area contributed by atoms with E-state index in [0.717, 1.165) is 0 Å². The Morgan fingerprint density at radius 2 is 1.67 bits per heavy atom. The van der Waals surface area contributed by atoms with Gasteiger partial charge in [0.1, 0.15) is 10.3 Å². The molecule has 1 aliphatic heterocycles. The van der Waals surface area contributed by atoms with Crippen LogP contribution in [0.25, 0.3) is 0 Å². The minimum Gasteiger partial charge on any atom is -0.610 e. The van der Waals surface area contributed by atoms with Crippen LogP contribution in [-0.2, 0) is 15.9 Å². The van der Waals surface area contributed by atoms with Crippen LogP contribution in [0.15, 0.2) is 0 Å². The number of carbonyl (C=O) groups is 1. The van der Waals surface area contributed by atoms with Crippen molar-refractivity contribution in [3.63, 3.8) is 0 Å². The third-order valence-corrected chi connectivity index (χ3v) is 5.12. The fraction of sp³-hybridized carbons (Fsp3) is 0.867. The molecular formula is C15H28N2O3S. The maximum absolute atomic E-state index is 12.2. The van der Waals surface area contributed by atoms with Crippen LogP contribution in [0.4, 0.5) is 4.79 Å². The lowest BCUT2D eigenvalue weighted by molar-refractivity contribution is 0.0202. The molecule has 1 saturated heterocycles. The quantitative estimate of drug-likeness (QED) is 0.458. The molecule has 1 atom stereocenters. The molecule has 1 rings (SSSR count). The number of hydrogen-bond donors (Lipinski definition) is 1. The molecule has 0 saturated carbocycles. The number of amides is 1. The highest BCUT2D eigenvalue weighted by Crippen LogP contribution is 2.27. The molecule has 0 aromatic rings. The van der Waals surface area contributed by atoms with Crippen molar-refractivity contribution in [2.75, 3.05) is 13.1 Å². The van der Waals surface area contributed by atoms with Crippen molar-refractivity contribution in [2.45, 2.75) is 64.7 Å². The van der Waals surface area contributed by atoms with Crippen LogP contribution < -0.4 is 0 Å². The predicted molar refractivity (Wildman–Crippen MR) is 86.2 cm³/mol. The largest absolute Gasteiger partial charge is 0.610 e. The fourth-order valence-corrected chi connectivity index (χ4v) is 3.33. The van der Waals surface area contributed by atoms with Crippen LogP contribution in [0, 0.1) is 11.3 Å². The topological polar surface area (TPSA) is 76.5 Å². The van der Waals surface area contributed by atoms with Gasteiger partial charge in [-0.05, 0) is 54.4 Å². The van der Waals surface area contributed by atoms with Crippen LogP contribution >= 0.6 is 0 Å². The summed E-state index contributed by atoms with van der Waals surface area (Å²) in [5.41, 5.74) is -0.492. The molecule has 1 aliphatic rings. The Labute approximate surface area is 131 Å². The number of nitrogens with zero attached hydrogens (tertiary/aromatic N) is 1. The van der Waals surface area contributed by atoms with E-state index in [-0.39, 0.29) is 12.0 Å². The summed E-state index contributed by atoms with van der Waals surface area (Å²) in [5, 5.41) is 8.44. The van der Waals surface area contributed by atoms with Gasteiger partial charge >= 0.3 is 6.09 Å². The number of ether oxygens (including phenoxy) is 1. The zero-order chi connectivity index (χ0) is 16.4. The van der Waals surface area contributed by atoms with Crippen molar-refractivity contribution >= 4 is 22.3 Å². The molecule has 1 fully saturated rings. The van der Waals surface area contributed by atoms with Crippen LogP contribution in [-0.4, -0.2) is 44.0 Å². The fourth-order valence-electron chi connectivity index (χ4n) is 2.13. The van der Waals surface area contributed by atoms with Gasteiger partial charge in [-0.1, -0.05) is 0 Å². The second-order valence-corrected chi connectivity index (χ2v) is 9.69. The molecule has 0 bridgehead atoms. The molecule has 1 amide bonds. The van der Waals surface area contributed by atoms with E-state index < -0.39 is 21.5 Å². The number of likely N-dealkylation sites (tertiary alicyclic amines) is 1. The van der Waals surface area contributed by atoms with Gasteiger partial charge in [0, 0.05) is 24.3 Å². The number of rotatable bonds is 1. The number of piperidine rings is 1. The molecule has 1 N–H and O–H groups in total. The monoisotopic (exact) mass is 316 g/mol. The maximum atomic E-state index is 12.2. The van der Waals surface area contributed by atoms with Gasteiger partial charge in [0.15, 0.2) is 0 Å². The van der Waals surface area contributed by atoms with E-state index in [1.54, 1.807) is 4.90 Å². The number of hydrogen-bond acceptors (Lipinski definition) is 4. The average Bonchev–Trinajstić information content (AvgIpc) is 2.34. The van der Waals surface area contributed by atoms with Gasteiger partial charge < -0.3 is 14.2 Å². The third kappa shape index (κ3) is 5.51. The zero-order valence-corrected chi connectivity index (χ0v) is 14.8. The van der Waals surface area contributed by atoms with Gasteiger partial charge in [0.25, 0.3) is 0 Å². The number of nitrogens with one attached hydrogen (secondary N) is 1. The molecule has 1 heterocycles. The van der Waals surface area contributed by atoms with Crippen molar-refractivity contribution in [3.8, 4) is 0 Å². The zero-order valence-electron chi connectivity index (χ0n) is 14.0. The van der Waals surface area contributed by atoms with Gasteiger partial charge in [0.05, 0.1) is 5.92 Å². The molecule has 5 nitrogen and oxygen atoms in total. The Bertz CT molecular complexity index is 391. The predicted octanol–water partition coefficient (Wildman–Crippen LogP) is 3.16. The summed E-state index contributed by atoms with van der Waals surface area (Å²) in [5.74, 6) is 0.00347. The van der Waals surface area contributed by atoms with Gasteiger partial charge in [0.2, 0.25) is 5.04 Å². The summed E-state index contributed by atoms with van der Waals surface area (Å²) in [6.45, 7) is 12.3. The van der Waals surface area contributed by atoms with Crippen molar-refractivity contribution < 1.29 is 14.1 Å². The standard InChI is InChI=1S/C15H28N2O3S/c1-14(2,3)20-13(18)17-9-7-11(8-10-17)12(16)21(19)15(4,5)6/h11,16H,7-10H2,1-6H3/t21-/m1/s1. The Kier molecular flexibility index (Phi) is 5.72. The molecule has 0 aromatic heterocycles. The first kappa shape index (κ1) is 18.3. The second kappa shape index (κ2) is 6.57. The first-order chi connectivity index (χ1) is 9.42. The molecule has 6 heteroatoms. The lowest BCUT2D eigenvalue weighted by atomic mass is 9.98. The second-order valence-electron chi connectivity index (χ2n) is 7.49. The summed E-state index contributed by atoms with van der Waals surface area (Å²) in [7, 11) is 0. The molecule has 0 aromatic carbocycles. The summed E-state index contributed by atoms with van der Waals surface area (Å²) in [6, 6.07) is 0. The highest BCUT2D eigenvalue weighted by atomic mass is 32.2. The highest BCUT2D eigenvalue weighted by Gasteiger charge is 2.37. The molecular weight excluding hydrogens is 288 g/mol. The van der Waals surface area contributed by atoms with Gasteiger partial charge in [-0.15, -0.1) is 0 Å². The smallest absolute Gasteiger partial charge is 0.410 e. The third-order valence-electron chi connectivity index (χ3n) is 3.27. The first-order valence-corrected chi connectivity index (χ1v) is 8.55. The van der Waals surface area contributed by atoms with Crippen molar-refractivity contribution in [3.05, 3.63) is 0 Å². The Balaban J connectivity index is 2.53. The Morgan fingerprint density at radius 1 is 1.19 bits per heavy atom. The average molecular weight is 316 g/mol.